The van der Waals surface area contributed by atoms with Gasteiger partial charge in [-0.3, -0.25) is 4.79 Å². The van der Waals surface area contributed by atoms with E-state index in [1.807, 2.05) is 12.1 Å². The third kappa shape index (κ3) is 2.86. The third-order valence-electron chi connectivity index (χ3n) is 3.29. The van der Waals surface area contributed by atoms with Gasteiger partial charge in [0.25, 0.3) is 0 Å². The largest absolute Gasteiger partial charge is 0.496 e. The van der Waals surface area contributed by atoms with E-state index in [4.69, 9.17) is 10.5 Å². The van der Waals surface area contributed by atoms with Gasteiger partial charge in [-0.25, -0.2) is 0 Å². The number of ether oxygens (including phenoxy) is 1. The van der Waals surface area contributed by atoms with Gasteiger partial charge < -0.3 is 10.5 Å². The number of carbonyl (C=O) groups is 1. The van der Waals surface area contributed by atoms with Crippen LogP contribution >= 0.6 is 0 Å². The zero-order valence-electron chi connectivity index (χ0n) is 10.2. The van der Waals surface area contributed by atoms with Crippen molar-refractivity contribution in [1.29, 1.82) is 0 Å². The second-order valence-corrected chi connectivity index (χ2v) is 4.67. The Bertz CT molecular complexity index is 411. The van der Waals surface area contributed by atoms with Crippen molar-refractivity contribution in [3.63, 3.8) is 0 Å². The summed E-state index contributed by atoms with van der Waals surface area (Å²) in [6.07, 6.45) is 5.24. The predicted octanol–water partition coefficient (Wildman–Crippen LogP) is 1.96. The molecule has 0 amide bonds. The second-order valence-electron chi connectivity index (χ2n) is 4.67. The smallest absolute Gasteiger partial charge is 0.150 e. The van der Waals surface area contributed by atoms with Crippen molar-refractivity contribution in [2.75, 3.05) is 13.7 Å². The molecule has 1 saturated carbocycles. The zero-order chi connectivity index (χ0) is 12.3. The number of carbonyl (C=O) groups excluding carboxylic acids is 1. The molecule has 0 heterocycles. The van der Waals surface area contributed by atoms with Crippen LogP contribution < -0.4 is 10.5 Å². The van der Waals surface area contributed by atoms with Crippen molar-refractivity contribution >= 4 is 6.29 Å². The summed E-state index contributed by atoms with van der Waals surface area (Å²) >= 11 is 0. The normalized spacial score (nSPS) is 14.7. The van der Waals surface area contributed by atoms with E-state index in [1.54, 1.807) is 7.11 Å². The van der Waals surface area contributed by atoms with Crippen LogP contribution in [-0.4, -0.2) is 19.9 Å². The summed E-state index contributed by atoms with van der Waals surface area (Å²) < 4.78 is 5.37. The van der Waals surface area contributed by atoms with E-state index in [-0.39, 0.29) is 0 Å². The minimum atomic E-state index is 0.566. The van der Waals surface area contributed by atoms with Gasteiger partial charge in [-0.05, 0) is 61.4 Å². The van der Waals surface area contributed by atoms with Gasteiger partial charge in [0.2, 0.25) is 0 Å². The molecule has 2 rings (SSSR count). The molecule has 0 aliphatic heterocycles. The molecule has 92 valence electrons. The number of hydrogen-bond acceptors (Lipinski definition) is 3. The first-order chi connectivity index (χ1) is 8.28. The Labute approximate surface area is 102 Å². The van der Waals surface area contributed by atoms with Gasteiger partial charge in [-0.15, -0.1) is 0 Å². The number of nitrogens with two attached hydrogens (primary N) is 1. The average Bonchev–Trinajstić information content (AvgIpc) is 3.14. The number of rotatable bonds is 6. The number of hydrogen-bond donors (Lipinski definition) is 1. The summed E-state index contributed by atoms with van der Waals surface area (Å²) in [5, 5.41) is 0. The minimum Gasteiger partial charge on any atom is -0.496 e. The van der Waals surface area contributed by atoms with Crippen molar-refractivity contribution in [2.24, 2.45) is 11.7 Å². The summed E-state index contributed by atoms with van der Waals surface area (Å²) in [5.74, 6) is 1.62. The highest BCUT2D eigenvalue weighted by Gasteiger charge is 2.23. The van der Waals surface area contributed by atoms with Crippen LogP contribution in [0.4, 0.5) is 0 Å². The highest BCUT2D eigenvalue weighted by Crippen LogP contribution is 2.35. The van der Waals surface area contributed by atoms with Crippen molar-refractivity contribution in [3.8, 4) is 5.75 Å². The lowest BCUT2D eigenvalue weighted by Gasteiger charge is -2.12. The van der Waals surface area contributed by atoms with Gasteiger partial charge in [-0.2, -0.15) is 0 Å². The lowest BCUT2D eigenvalue weighted by atomic mass is 9.98. The first-order valence-electron chi connectivity index (χ1n) is 6.13. The number of benzene rings is 1. The summed E-state index contributed by atoms with van der Waals surface area (Å²) in [5.41, 5.74) is 8.49. The minimum absolute atomic E-state index is 0.566. The Morgan fingerprint density at radius 3 is 2.71 bits per heavy atom. The van der Waals surface area contributed by atoms with E-state index in [1.165, 1.54) is 12.8 Å². The topological polar surface area (TPSA) is 52.3 Å². The third-order valence-corrected chi connectivity index (χ3v) is 3.29. The van der Waals surface area contributed by atoms with E-state index in [2.05, 4.69) is 0 Å². The van der Waals surface area contributed by atoms with Gasteiger partial charge in [0.1, 0.15) is 12.0 Å². The van der Waals surface area contributed by atoms with Gasteiger partial charge in [0.15, 0.2) is 0 Å². The van der Waals surface area contributed by atoms with Crippen molar-refractivity contribution in [1.82, 2.24) is 0 Å². The molecule has 1 aromatic carbocycles. The van der Waals surface area contributed by atoms with E-state index >= 15 is 0 Å². The molecule has 17 heavy (non-hydrogen) atoms. The lowest BCUT2D eigenvalue weighted by molar-refractivity contribution is 0.112. The number of aldehydes is 1. The van der Waals surface area contributed by atoms with E-state index in [0.29, 0.717) is 6.54 Å². The molecule has 0 saturated heterocycles. The fourth-order valence-corrected chi connectivity index (χ4v) is 2.15. The SMILES string of the molecule is COc1cc(CC2CC2)c(C=O)cc1CCN. The molecular formula is C14H19NO2. The fraction of sp³-hybridized carbons (Fsp3) is 0.500. The first-order valence-corrected chi connectivity index (χ1v) is 6.13. The van der Waals surface area contributed by atoms with Crippen molar-refractivity contribution < 1.29 is 9.53 Å². The maximum Gasteiger partial charge on any atom is 0.150 e. The lowest BCUT2D eigenvalue weighted by Crippen LogP contribution is -2.06. The average molecular weight is 233 g/mol. The molecule has 1 aromatic rings. The standard InChI is InChI=1S/C14H19NO2/c1-17-14-8-12(6-10-2-3-10)13(9-16)7-11(14)4-5-15/h7-10H,2-6,15H2,1H3. The molecule has 0 spiro atoms. The summed E-state index contributed by atoms with van der Waals surface area (Å²) in [4.78, 5) is 11.1. The van der Waals surface area contributed by atoms with Gasteiger partial charge in [0.05, 0.1) is 7.11 Å². The first kappa shape index (κ1) is 12.1. The molecular weight excluding hydrogens is 214 g/mol. The Kier molecular flexibility index (Phi) is 3.79. The Hall–Kier alpha value is -1.35. The predicted molar refractivity (Wildman–Crippen MR) is 67.6 cm³/mol. The molecule has 1 aliphatic carbocycles. The maximum atomic E-state index is 11.1. The van der Waals surface area contributed by atoms with Crippen LogP contribution in [0.3, 0.4) is 0 Å². The second kappa shape index (κ2) is 5.32. The van der Waals surface area contributed by atoms with Crippen LogP contribution in [0.2, 0.25) is 0 Å². The number of methoxy groups -OCH3 is 1. The molecule has 3 nitrogen and oxygen atoms in total. The molecule has 0 bridgehead atoms. The quantitative estimate of drug-likeness (QED) is 0.764. The fourth-order valence-electron chi connectivity index (χ4n) is 2.15. The monoisotopic (exact) mass is 233 g/mol. The summed E-state index contributed by atoms with van der Waals surface area (Å²) in [7, 11) is 1.66. The van der Waals surface area contributed by atoms with Crippen LogP contribution in [0.1, 0.15) is 34.3 Å². The zero-order valence-corrected chi connectivity index (χ0v) is 10.2. The summed E-state index contributed by atoms with van der Waals surface area (Å²) in [6, 6.07) is 3.93. The van der Waals surface area contributed by atoms with E-state index < -0.39 is 0 Å². The molecule has 0 atom stereocenters. The molecule has 0 unspecified atom stereocenters. The molecule has 1 aliphatic rings. The van der Waals surface area contributed by atoms with Crippen LogP contribution in [-0.2, 0) is 12.8 Å². The Balaban J connectivity index is 2.32. The highest BCUT2D eigenvalue weighted by molar-refractivity contribution is 5.78. The van der Waals surface area contributed by atoms with E-state index in [9.17, 15) is 4.79 Å². The van der Waals surface area contributed by atoms with Gasteiger partial charge in [-0.1, -0.05) is 0 Å². The van der Waals surface area contributed by atoms with Crippen molar-refractivity contribution in [2.45, 2.75) is 25.7 Å². The molecule has 3 heteroatoms. The molecule has 0 radical (unpaired) electrons. The van der Waals surface area contributed by atoms with Crippen LogP contribution in [0.5, 0.6) is 5.75 Å². The molecule has 1 fully saturated rings. The highest BCUT2D eigenvalue weighted by atomic mass is 16.5. The maximum absolute atomic E-state index is 11.1. The van der Waals surface area contributed by atoms with Gasteiger partial charge in [0, 0.05) is 5.56 Å². The van der Waals surface area contributed by atoms with Gasteiger partial charge >= 0.3 is 0 Å². The van der Waals surface area contributed by atoms with E-state index in [0.717, 1.165) is 47.5 Å². The van der Waals surface area contributed by atoms with Crippen molar-refractivity contribution in [3.05, 3.63) is 28.8 Å². The van der Waals surface area contributed by atoms with Crippen LogP contribution in [0.25, 0.3) is 0 Å². The van der Waals surface area contributed by atoms with Crippen LogP contribution in [0, 0.1) is 5.92 Å². The Morgan fingerprint density at radius 1 is 1.41 bits per heavy atom. The van der Waals surface area contributed by atoms with Crippen LogP contribution in [0.15, 0.2) is 12.1 Å². The summed E-state index contributed by atoms with van der Waals surface area (Å²) in [6.45, 7) is 0.566. The Morgan fingerprint density at radius 2 is 2.18 bits per heavy atom. The molecule has 0 aromatic heterocycles. The molecule has 2 N–H and O–H groups in total.